The van der Waals surface area contributed by atoms with Crippen molar-refractivity contribution in [3.05, 3.63) is 11.4 Å². The van der Waals surface area contributed by atoms with Crippen molar-refractivity contribution in [2.75, 3.05) is 13.1 Å². The maximum Gasteiger partial charge on any atom is 0.275 e. The van der Waals surface area contributed by atoms with Gasteiger partial charge in [0.05, 0.1) is 5.69 Å². The van der Waals surface area contributed by atoms with Crippen molar-refractivity contribution in [3.63, 3.8) is 0 Å². The van der Waals surface area contributed by atoms with Gasteiger partial charge in [-0.2, -0.15) is 5.10 Å². The Morgan fingerprint density at radius 1 is 1.33 bits per heavy atom. The summed E-state index contributed by atoms with van der Waals surface area (Å²) in [5, 5.41) is 11.4. The van der Waals surface area contributed by atoms with E-state index in [-0.39, 0.29) is 22.2 Å². The lowest BCUT2D eigenvalue weighted by atomic mass is 10.1. The maximum atomic E-state index is 12.2. The second-order valence-electron chi connectivity index (χ2n) is 4.42. The number of aryl methyl sites for hydroxylation is 1. The van der Waals surface area contributed by atoms with Gasteiger partial charge in [-0.25, -0.2) is 13.6 Å². The van der Waals surface area contributed by atoms with Crippen LogP contribution in [-0.2, 0) is 10.0 Å². The van der Waals surface area contributed by atoms with E-state index >= 15 is 0 Å². The topological polar surface area (TPSA) is 109 Å². The van der Waals surface area contributed by atoms with E-state index < -0.39 is 10.0 Å². The number of aromatic nitrogens is 2. The van der Waals surface area contributed by atoms with Gasteiger partial charge in [0.2, 0.25) is 10.0 Å². The van der Waals surface area contributed by atoms with Crippen LogP contribution in [0.1, 0.15) is 35.4 Å². The molecule has 0 unspecified atom stereocenters. The third-order valence-corrected chi connectivity index (χ3v) is 4.09. The Hall–Kier alpha value is -1.41. The van der Waals surface area contributed by atoms with Crippen LogP contribution in [0.5, 0.6) is 0 Å². The zero-order valence-electron chi connectivity index (χ0n) is 10.1. The number of carbonyl (C=O) groups excluding carboxylic acids is 1. The first kappa shape index (κ1) is 13.0. The van der Waals surface area contributed by atoms with Gasteiger partial charge in [0.1, 0.15) is 4.90 Å². The molecule has 1 aliphatic heterocycles. The van der Waals surface area contributed by atoms with Crippen LogP contribution in [0.4, 0.5) is 0 Å². The number of nitrogens with two attached hydrogens (primary N) is 1. The monoisotopic (exact) mass is 272 g/mol. The third-order valence-electron chi connectivity index (χ3n) is 3.02. The number of sulfonamides is 1. The van der Waals surface area contributed by atoms with Crippen molar-refractivity contribution in [2.45, 2.75) is 31.1 Å². The Labute approximate surface area is 105 Å². The highest BCUT2D eigenvalue weighted by molar-refractivity contribution is 7.89. The zero-order chi connectivity index (χ0) is 13.3. The number of piperidine rings is 1. The Kier molecular flexibility index (Phi) is 3.40. The minimum atomic E-state index is -3.95. The second-order valence-corrected chi connectivity index (χ2v) is 5.92. The minimum absolute atomic E-state index is 0.100. The predicted octanol–water partition coefficient (Wildman–Crippen LogP) is -0.00838. The lowest BCUT2D eigenvalue weighted by Gasteiger charge is -2.26. The van der Waals surface area contributed by atoms with Gasteiger partial charge >= 0.3 is 0 Å². The van der Waals surface area contributed by atoms with Gasteiger partial charge in [-0.05, 0) is 26.2 Å². The Morgan fingerprint density at radius 3 is 2.50 bits per heavy atom. The molecular weight excluding hydrogens is 256 g/mol. The lowest BCUT2D eigenvalue weighted by molar-refractivity contribution is 0.0714. The van der Waals surface area contributed by atoms with E-state index in [1.807, 2.05) is 0 Å². The molecule has 2 heterocycles. The first-order chi connectivity index (χ1) is 8.41. The number of rotatable bonds is 2. The number of carbonyl (C=O) groups is 1. The average Bonchev–Trinajstić information content (AvgIpc) is 2.71. The second kappa shape index (κ2) is 4.69. The molecule has 100 valence electrons. The number of H-pyrrole nitrogens is 1. The number of hydrogen-bond acceptors (Lipinski definition) is 4. The van der Waals surface area contributed by atoms with Crippen molar-refractivity contribution in [2.24, 2.45) is 5.14 Å². The number of nitrogens with one attached hydrogen (secondary N) is 1. The largest absolute Gasteiger partial charge is 0.337 e. The van der Waals surface area contributed by atoms with Gasteiger partial charge in [0.25, 0.3) is 5.91 Å². The molecule has 0 aliphatic carbocycles. The lowest BCUT2D eigenvalue weighted by Crippen LogP contribution is -2.36. The molecule has 18 heavy (non-hydrogen) atoms. The molecule has 1 aromatic heterocycles. The van der Waals surface area contributed by atoms with Crippen LogP contribution in [0, 0.1) is 6.92 Å². The fourth-order valence-corrected chi connectivity index (χ4v) is 3.03. The Balaban J connectivity index is 2.36. The van der Waals surface area contributed by atoms with E-state index in [9.17, 15) is 13.2 Å². The zero-order valence-corrected chi connectivity index (χ0v) is 11.0. The summed E-state index contributed by atoms with van der Waals surface area (Å²) in [6, 6.07) is 0. The molecule has 7 nitrogen and oxygen atoms in total. The normalized spacial score (nSPS) is 16.9. The first-order valence-corrected chi connectivity index (χ1v) is 7.33. The summed E-state index contributed by atoms with van der Waals surface area (Å²) in [6.45, 7) is 2.79. The van der Waals surface area contributed by atoms with E-state index in [2.05, 4.69) is 10.2 Å². The summed E-state index contributed by atoms with van der Waals surface area (Å²) in [4.78, 5) is 13.6. The fourth-order valence-electron chi connectivity index (χ4n) is 2.16. The molecule has 8 heteroatoms. The van der Waals surface area contributed by atoms with Gasteiger partial charge in [-0.15, -0.1) is 0 Å². The average molecular weight is 272 g/mol. The van der Waals surface area contributed by atoms with Crippen LogP contribution < -0.4 is 5.14 Å². The van der Waals surface area contributed by atoms with Crippen molar-refractivity contribution in [3.8, 4) is 0 Å². The van der Waals surface area contributed by atoms with Gasteiger partial charge < -0.3 is 4.90 Å². The summed E-state index contributed by atoms with van der Waals surface area (Å²) < 4.78 is 22.9. The highest BCUT2D eigenvalue weighted by atomic mass is 32.2. The minimum Gasteiger partial charge on any atom is -0.337 e. The van der Waals surface area contributed by atoms with Gasteiger partial charge in [0.15, 0.2) is 5.69 Å². The van der Waals surface area contributed by atoms with Crippen LogP contribution in [0.15, 0.2) is 4.90 Å². The number of nitrogens with zero attached hydrogens (tertiary/aromatic N) is 2. The van der Waals surface area contributed by atoms with E-state index in [4.69, 9.17) is 5.14 Å². The number of likely N-dealkylation sites (tertiary alicyclic amines) is 1. The predicted molar refractivity (Wildman–Crippen MR) is 64.5 cm³/mol. The SMILES string of the molecule is Cc1[nH]nc(C(=O)N2CCCCC2)c1S(N)(=O)=O. The van der Waals surface area contributed by atoms with Crippen molar-refractivity contribution < 1.29 is 13.2 Å². The fraction of sp³-hybridized carbons (Fsp3) is 0.600. The van der Waals surface area contributed by atoms with Crippen LogP contribution in [0.2, 0.25) is 0 Å². The number of primary sulfonamides is 1. The number of hydrogen-bond donors (Lipinski definition) is 2. The van der Waals surface area contributed by atoms with Crippen LogP contribution in [0.25, 0.3) is 0 Å². The molecule has 1 amide bonds. The first-order valence-electron chi connectivity index (χ1n) is 5.78. The van der Waals surface area contributed by atoms with E-state index in [0.717, 1.165) is 19.3 Å². The molecular formula is C10H16N4O3S. The molecule has 1 aliphatic rings. The van der Waals surface area contributed by atoms with E-state index in [1.165, 1.54) is 6.92 Å². The maximum absolute atomic E-state index is 12.2. The molecule has 0 bridgehead atoms. The van der Waals surface area contributed by atoms with Crippen molar-refractivity contribution in [1.82, 2.24) is 15.1 Å². The molecule has 0 spiro atoms. The molecule has 1 saturated heterocycles. The smallest absolute Gasteiger partial charge is 0.275 e. The Bertz CT molecular complexity index is 558. The van der Waals surface area contributed by atoms with Crippen molar-refractivity contribution in [1.29, 1.82) is 0 Å². The molecule has 1 aromatic rings. The van der Waals surface area contributed by atoms with E-state index in [0.29, 0.717) is 13.1 Å². The highest BCUT2D eigenvalue weighted by Gasteiger charge is 2.29. The van der Waals surface area contributed by atoms with Gasteiger partial charge in [-0.1, -0.05) is 0 Å². The molecule has 0 radical (unpaired) electrons. The summed E-state index contributed by atoms with van der Waals surface area (Å²) >= 11 is 0. The highest BCUT2D eigenvalue weighted by Crippen LogP contribution is 2.19. The van der Waals surface area contributed by atoms with Gasteiger partial charge in [0, 0.05) is 13.1 Å². The van der Waals surface area contributed by atoms with Gasteiger partial charge in [-0.3, -0.25) is 9.89 Å². The summed E-state index contributed by atoms with van der Waals surface area (Å²) in [5.41, 5.74) is 0.190. The number of aromatic amines is 1. The summed E-state index contributed by atoms with van der Waals surface area (Å²) in [7, 11) is -3.95. The molecule has 0 saturated carbocycles. The summed E-state index contributed by atoms with van der Waals surface area (Å²) in [6.07, 6.45) is 2.95. The molecule has 2 rings (SSSR count). The van der Waals surface area contributed by atoms with Crippen LogP contribution in [0.3, 0.4) is 0 Å². The van der Waals surface area contributed by atoms with Crippen LogP contribution in [-0.4, -0.2) is 42.5 Å². The third kappa shape index (κ3) is 2.39. The number of amides is 1. The molecule has 3 N–H and O–H groups in total. The van der Waals surface area contributed by atoms with E-state index in [1.54, 1.807) is 4.90 Å². The van der Waals surface area contributed by atoms with Crippen molar-refractivity contribution >= 4 is 15.9 Å². The quantitative estimate of drug-likeness (QED) is 0.789. The summed E-state index contributed by atoms with van der Waals surface area (Å²) in [5.74, 6) is -0.372. The molecule has 0 atom stereocenters. The standard InChI is InChI=1S/C10H16N4O3S/c1-7-9(18(11,16)17)8(13-12-7)10(15)14-5-3-2-4-6-14/h2-6H2,1H3,(H,12,13)(H2,11,16,17). The molecule has 1 fully saturated rings. The Morgan fingerprint density at radius 2 is 1.94 bits per heavy atom. The molecule has 0 aromatic carbocycles. The van der Waals surface area contributed by atoms with Crippen LogP contribution >= 0.6 is 0 Å².